The lowest BCUT2D eigenvalue weighted by Crippen LogP contribution is -2.45. The fraction of sp³-hybridized carbons (Fsp3) is 0.440. The van der Waals surface area contributed by atoms with Crippen molar-refractivity contribution in [3.63, 3.8) is 0 Å². The lowest BCUT2D eigenvalue weighted by atomic mass is 10.1. The number of ketones is 1. The van der Waals surface area contributed by atoms with Gasteiger partial charge < -0.3 is 13.7 Å². The van der Waals surface area contributed by atoms with Crippen LogP contribution in [0.3, 0.4) is 0 Å². The van der Waals surface area contributed by atoms with Crippen molar-refractivity contribution in [2.45, 2.75) is 57.8 Å². The lowest BCUT2D eigenvalue weighted by molar-refractivity contribution is -0.142. The first-order valence-corrected chi connectivity index (χ1v) is 15.7. The summed E-state index contributed by atoms with van der Waals surface area (Å²) in [5.41, 5.74) is 0. The molecule has 0 aromatic heterocycles. The van der Waals surface area contributed by atoms with E-state index in [2.05, 4.69) is 33.9 Å². The smallest absolute Gasteiger partial charge is 0.308 e. The summed E-state index contributed by atoms with van der Waals surface area (Å²) >= 11 is 0. The Balaban J connectivity index is 2.30. The zero-order valence-corrected chi connectivity index (χ0v) is 21.9. The molecule has 0 fully saturated rings. The molecule has 0 N–H and O–H groups in total. The number of benzene rings is 2. The normalized spacial score (nSPS) is 13.4. The van der Waals surface area contributed by atoms with E-state index >= 15 is 0 Å². The van der Waals surface area contributed by atoms with Gasteiger partial charge in [-0.05, 0) is 18.1 Å². The fourth-order valence-electron chi connectivity index (χ4n) is 3.25. The van der Waals surface area contributed by atoms with E-state index in [1.165, 1.54) is 7.11 Å². The lowest BCUT2D eigenvalue weighted by Gasteiger charge is -2.39. The fourth-order valence-corrected chi connectivity index (χ4v) is 7.20. The molecule has 2 aromatic rings. The Morgan fingerprint density at radius 1 is 0.906 bits per heavy atom. The molecule has 7 heteroatoms. The minimum Gasteiger partial charge on any atom is -0.469 e. The molecule has 2 aromatic carbocycles. The van der Waals surface area contributed by atoms with Gasteiger partial charge in [0.25, 0.3) is 0 Å². The third-order valence-electron chi connectivity index (χ3n) is 6.09. The number of hydrogen-bond acceptors (Lipinski definition) is 5. The minimum absolute atomic E-state index is 0.00424. The van der Waals surface area contributed by atoms with Crippen LogP contribution in [0.2, 0.25) is 18.1 Å². The van der Waals surface area contributed by atoms with Gasteiger partial charge in [0.15, 0.2) is 8.32 Å². The number of hydrogen-bond donors (Lipinski definition) is 0. The number of esters is 1. The Labute approximate surface area is 193 Å². The summed E-state index contributed by atoms with van der Waals surface area (Å²) < 4.78 is 25.4. The monoisotopic (exact) mass is 474 g/mol. The van der Waals surface area contributed by atoms with E-state index in [0.717, 1.165) is 0 Å². The summed E-state index contributed by atoms with van der Waals surface area (Å²) in [6, 6.07) is 18.3. The zero-order chi connectivity index (χ0) is 24.0. The number of carbonyl (C=O) groups is 2. The number of ether oxygens (including phenoxy) is 1. The van der Waals surface area contributed by atoms with Crippen molar-refractivity contribution in [1.82, 2.24) is 0 Å². The van der Waals surface area contributed by atoms with E-state index in [1.807, 2.05) is 36.4 Å². The number of carbonyl (C=O) groups excluding carboxylic acids is 2. The van der Waals surface area contributed by atoms with Crippen molar-refractivity contribution in [2.24, 2.45) is 0 Å². The third kappa shape index (κ3) is 6.74. The molecule has 0 aliphatic rings. The van der Waals surface area contributed by atoms with Crippen LogP contribution in [0, 0.1) is 0 Å². The van der Waals surface area contributed by atoms with Gasteiger partial charge in [-0.2, -0.15) is 0 Å². The van der Waals surface area contributed by atoms with E-state index < -0.39 is 27.5 Å². The van der Waals surface area contributed by atoms with Gasteiger partial charge in [0.05, 0.1) is 25.8 Å². The molecule has 0 heterocycles. The van der Waals surface area contributed by atoms with E-state index in [1.54, 1.807) is 24.3 Å². The van der Waals surface area contributed by atoms with Crippen LogP contribution in [0.15, 0.2) is 60.7 Å². The first kappa shape index (κ1) is 26.2. The van der Waals surface area contributed by atoms with Crippen LogP contribution in [-0.2, 0) is 23.3 Å². The summed E-state index contributed by atoms with van der Waals surface area (Å²) in [5, 5.41) is 1.22. The second-order valence-corrected chi connectivity index (χ2v) is 17.2. The second kappa shape index (κ2) is 10.7. The predicted octanol–water partition coefficient (Wildman–Crippen LogP) is 4.91. The molecule has 0 amide bonds. The van der Waals surface area contributed by atoms with Crippen LogP contribution in [0.1, 0.15) is 33.6 Å². The van der Waals surface area contributed by atoms with Gasteiger partial charge in [-0.1, -0.05) is 81.4 Å². The van der Waals surface area contributed by atoms with E-state index in [-0.39, 0.29) is 29.8 Å². The van der Waals surface area contributed by atoms with Gasteiger partial charge in [0.1, 0.15) is 12.9 Å². The molecule has 32 heavy (non-hydrogen) atoms. The van der Waals surface area contributed by atoms with E-state index in [0.29, 0.717) is 10.6 Å². The average molecular weight is 475 g/mol. The van der Waals surface area contributed by atoms with E-state index in [4.69, 9.17) is 9.16 Å². The van der Waals surface area contributed by atoms with Crippen molar-refractivity contribution in [3.05, 3.63) is 60.7 Å². The molecule has 0 spiro atoms. The average Bonchev–Trinajstić information content (AvgIpc) is 2.73. The summed E-state index contributed by atoms with van der Waals surface area (Å²) in [6.45, 7) is 10.5. The summed E-state index contributed by atoms with van der Waals surface area (Å²) in [5.74, 6) is -0.607. The van der Waals surface area contributed by atoms with Crippen molar-refractivity contribution >= 4 is 37.8 Å². The van der Waals surface area contributed by atoms with Gasteiger partial charge in [0, 0.05) is 17.0 Å². The molecule has 0 aliphatic heterocycles. The van der Waals surface area contributed by atoms with Gasteiger partial charge in [0.2, 0.25) is 0 Å². The predicted molar refractivity (Wildman–Crippen MR) is 133 cm³/mol. The van der Waals surface area contributed by atoms with Gasteiger partial charge >= 0.3 is 5.97 Å². The Morgan fingerprint density at radius 3 is 1.78 bits per heavy atom. The highest BCUT2D eigenvalue weighted by molar-refractivity contribution is 7.79. The van der Waals surface area contributed by atoms with Crippen molar-refractivity contribution in [2.75, 3.05) is 13.3 Å². The minimum atomic E-state index is -3.17. The van der Waals surface area contributed by atoms with Gasteiger partial charge in [-0.3, -0.25) is 9.59 Å². The van der Waals surface area contributed by atoms with Crippen LogP contribution in [0.5, 0.6) is 0 Å². The summed E-state index contributed by atoms with van der Waals surface area (Å²) in [6.07, 6.45) is -0.698. The van der Waals surface area contributed by atoms with E-state index in [9.17, 15) is 14.2 Å². The van der Waals surface area contributed by atoms with Crippen LogP contribution in [0.4, 0.5) is 0 Å². The topological polar surface area (TPSA) is 69.7 Å². The van der Waals surface area contributed by atoms with Crippen molar-refractivity contribution < 1.29 is 23.3 Å². The molecule has 1 atom stereocenters. The molecule has 0 saturated heterocycles. The summed E-state index contributed by atoms with van der Waals surface area (Å²) in [4.78, 5) is 25.2. The first-order chi connectivity index (χ1) is 14.9. The third-order valence-corrected chi connectivity index (χ3v) is 13.7. The van der Waals surface area contributed by atoms with Crippen molar-refractivity contribution in [1.29, 1.82) is 0 Å². The maximum Gasteiger partial charge on any atom is 0.308 e. The molecule has 0 saturated carbocycles. The van der Waals surface area contributed by atoms with Crippen LogP contribution >= 0.6 is 7.14 Å². The Kier molecular flexibility index (Phi) is 8.80. The molecule has 0 radical (unpaired) electrons. The standard InChI is InChI=1S/C25H35O5PSi/c1-25(2,3)32(5,6)30-21(18-24(27)29-4)17-20(26)19-31(28,22-13-9-7-10-14-22)23-15-11-8-12-16-23/h7-16,21H,17-19H2,1-6H3. The maximum absolute atomic E-state index is 14.2. The van der Waals surface area contributed by atoms with Crippen LogP contribution in [-0.4, -0.2) is 39.4 Å². The Bertz CT molecular complexity index is 908. The SMILES string of the molecule is COC(=O)CC(CC(=O)CP(=O)(c1ccccc1)c1ccccc1)O[Si](C)(C)C(C)(C)C. The Hall–Kier alpha value is -2.01. The summed E-state index contributed by atoms with van der Waals surface area (Å²) in [7, 11) is -4.08. The number of methoxy groups -OCH3 is 1. The van der Waals surface area contributed by atoms with Gasteiger partial charge in [-0.15, -0.1) is 0 Å². The number of Topliss-reactive ketones (excluding diaryl/α,β-unsaturated/α-hetero) is 1. The molecule has 2 rings (SSSR count). The first-order valence-electron chi connectivity index (χ1n) is 10.9. The molecule has 0 bridgehead atoms. The highest BCUT2D eigenvalue weighted by atomic mass is 31.2. The molecule has 5 nitrogen and oxygen atoms in total. The molecular formula is C25H35O5PSi. The molecule has 174 valence electrons. The molecule has 1 unspecified atom stereocenters. The highest BCUT2D eigenvalue weighted by Crippen LogP contribution is 2.44. The Morgan fingerprint density at radius 2 is 1.38 bits per heavy atom. The van der Waals surface area contributed by atoms with Crippen molar-refractivity contribution in [3.8, 4) is 0 Å². The highest BCUT2D eigenvalue weighted by Gasteiger charge is 2.40. The molecule has 0 aliphatic carbocycles. The zero-order valence-electron chi connectivity index (χ0n) is 20.0. The maximum atomic E-state index is 14.2. The van der Waals surface area contributed by atoms with Gasteiger partial charge in [-0.25, -0.2) is 0 Å². The quantitative estimate of drug-likeness (QED) is 0.278. The molecular weight excluding hydrogens is 439 g/mol. The van der Waals surface area contributed by atoms with Crippen LogP contribution in [0.25, 0.3) is 0 Å². The number of rotatable bonds is 10. The van der Waals surface area contributed by atoms with Crippen LogP contribution < -0.4 is 10.6 Å². The largest absolute Gasteiger partial charge is 0.469 e. The second-order valence-electron chi connectivity index (χ2n) is 9.59.